The van der Waals surface area contributed by atoms with Gasteiger partial charge in [-0.1, -0.05) is 26.7 Å². The highest BCUT2D eigenvalue weighted by molar-refractivity contribution is 6.11. The minimum atomic E-state index is -0.973. The number of amides is 2. The van der Waals surface area contributed by atoms with E-state index in [9.17, 15) is 4.79 Å². The predicted molar refractivity (Wildman–Crippen MR) is 145 cm³/mol. The average molecular weight is 525 g/mol. The number of methoxy groups -OCH3 is 2. The van der Waals surface area contributed by atoms with Crippen molar-refractivity contribution in [3.63, 3.8) is 0 Å². The van der Waals surface area contributed by atoms with Crippen LogP contribution in [0.15, 0.2) is 18.3 Å². The summed E-state index contributed by atoms with van der Waals surface area (Å²) in [4.78, 5) is 23.9. The zero-order valence-corrected chi connectivity index (χ0v) is 22.6. The first kappa shape index (κ1) is 27.2. The Hall–Kier alpha value is -3.80. The molecule has 4 rings (SSSR count). The Morgan fingerprint density at radius 2 is 1.79 bits per heavy atom. The number of carbonyl (C=O) groups is 1. The van der Waals surface area contributed by atoms with Crippen LogP contribution in [0.1, 0.15) is 57.2 Å². The minimum Gasteiger partial charge on any atom is -0.493 e. The number of pyridine rings is 1. The van der Waals surface area contributed by atoms with Crippen LogP contribution in [0.2, 0.25) is 0 Å². The Bertz CT molecular complexity index is 1360. The summed E-state index contributed by atoms with van der Waals surface area (Å²) in [6.07, 6.45) is 7.46. The van der Waals surface area contributed by atoms with Crippen LogP contribution in [0.3, 0.4) is 0 Å². The fraction of sp³-hybridized carbons (Fsp3) is 0.448. The van der Waals surface area contributed by atoms with Crippen LogP contribution in [0.25, 0.3) is 11.0 Å². The maximum Gasteiger partial charge on any atom is 0.329 e. The molecule has 1 aliphatic heterocycles. The van der Waals surface area contributed by atoms with Gasteiger partial charge in [0.15, 0.2) is 23.1 Å². The first-order valence-corrected chi connectivity index (χ1v) is 12.9. The summed E-state index contributed by atoms with van der Waals surface area (Å²) in [6, 6.07) is 2.59. The van der Waals surface area contributed by atoms with Crippen molar-refractivity contribution in [3.8, 4) is 23.3 Å². The molecule has 9 heteroatoms. The van der Waals surface area contributed by atoms with E-state index in [1.54, 1.807) is 13.2 Å². The lowest BCUT2D eigenvalue weighted by Crippen LogP contribution is -2.46. The van der Waals surface area contributed by atoms with Crippen LogP contribution in [-0.4, -0.2) is 37.3 Å². The number of hydrogen-bond donors (Lipinski definition) is 1. The molecule has 0 spiro atoms. The molecule has 38 heavy (non-hydrogen) atoms. The molecule has 0 radical (unpaired) electrons. The van der Waals surface area contributed by atoms with E-state index in [1.807, 2.05) is 6.07 Å². The second-order valence-corrected chi connectivity index (χ2v) is 9.48. The number of ether oxygens (including phenoxy) is 2. The number of hydrogen-bond acceptors (Lipinski definition) is 4. The smallest absolute Gasteiger partial charge is 0.329 e. The number of nitrogens with zero attached hydrogens (tertiary/aromatic N) is 3. The van der Waals surface area contributed by atoms with Crippen LogP contribution in [0.4, 0.5) is 25.0 Å². The normalized spacial score (nSPS) is 13.8. The Labute approximate surface area is 222 Å². The van der Waals surface area contributed by atoms with Crippen molar-refractivity contribution < 1.29 is 23.0 Å². The number of aromatic nitrogens is 2. The summed E-state index contributed by atoms with van der Waals surface area (Å²) in [6.45, 7) is 4.18. The van der Waals surface area contributed by atoms with Crippen molar-refractivity contribution >= 4 is 28.4 Å². The summed E-state index contributed by atoms with van der Waals surface area (Å²) in [5, 5.41) is 0.804. The van der Waals surface area contributed by atoms with E-state index in [2.05, 4.69) is 35.7 Å². The zero-order chi connectivity index (χ0) is 27.4. The topological polar surface area (TPSA) is 70.7 Å². The Morgan fingerprint density at radius 1 is 1.08 bits per heavy atom. The highest BCUT2D eigenvalue weighted by Gasteiger charge is 2.36. The Balaban J connectivity index is 1.68. The monoisotopic (exact) mass is 524 g/mol. The molecule has 1 aliphatic rings. The van der Waals surface area contributed by atoms with Gasteiger partial charge < -0.3 is 14.5 Å². The maximum absolute atomic E-state index is 15.2. The van der Waals surface area contributed by atoms with Gasteiger partial charge >= 0.3 is 6.03 Å². The number of anilines is 2. The van der Waals surface area contributed by atoms with Crippen LogP contribution in [0, 0.1) is 29.4 Å². The molecule has 2 aromatic heterocycles. The van der Waals surface area contributed by atoms with Crippen molar-refractivity contribution in [1.82, 2.24) is 9.97 Å². The van der Waals surface area contributed by atoms with E-state index in [0.29, 0.717) is 22.8 Å². The molecule has 1 aromatic carbocycles. The van der Waals surface area contributed by atoms with Gasteiger partial charge in [0, 0.05) is 48.8 Å². The predicted octanol–water partition coefficient (Wildman–Crippen LogP) is 6.59. The summed E-state index contributed by atoms with van der Waals surface area (Å²) in [5.41, 5.74) is 2.54. The van der Waals surface area contributed by atoms with Crippen LogP contribution >= 0.6 is 0 Å². The first-order valence-electron chi connectivity index (χ1n) is 12.9. The molecule has 202 valence electrons. The fourth-order valence-electron chi connectivity index (χ4n) is 5.14. The Kier molecular flexibility index (Phi) is 8.40. The van der Waals surface area contributed by atoms with Gasteiger partial charge in [0.2, 0.25) is 0 Å². The molecule has 1 unspecified atom stereocenters. The molecule has 0 aliphatic carbocycles. The largest absolute Gasteiger partial charge is 0.493 e. The van der Waals surface area contributed by atoms with Crippen LogP contribution < -0.4 is 19.3 Å². The van der Waals surface area contributed by atoms with Crippen LogP contribution in [-0.2, 0) is 13.0 Å². The number of aromatic amines is 1. The summed E-state index contributed by atoms with van der Waals surface area (Å²) in [7, 11) is 4.14. The molecule has 0 saturated heterocycles. The number of fused-ring (bicyclic) bond motifs is 3. The second kappa shape index (κ2) is 11.7. The molecule has 1 atom stereocenters. The van der Waals surface area contributed by atoms with E-state index in [0.717, 1.165) is 60.6 Å². The molecule has 0 fully saturated rings. The van der Waals surface area contributed by atoms with Gasteiger partial charge in [-0.15, -0.1) is 11.8 Å². The van der Waals surface area contributed by atoms with Gasteiger partial charge in [0.25, 0.3) is 0 Å². The first-order chi connectivity index (χ1) is 18.3. The number of nitrogens with one attached hydrogen (secondary N) is 1. The number of urea groups is 1. The van der Waals surface area contributed by atoms with Crippen molar-refractivity contribution in [1.29, 1.82) is 0 Å². The number of rotatable bonds is 9. The van der Waals surface area contributed by atoms with Gasteiger partial charge in [0.05, 0.1) is 26.5 Å². The fourth-order valence-corrected chi connectivity index (χ4v) is 5.14. The van der Waals surface area contributed by atoms with E-state index in [4.69, 9.17) is 9.47 Å². The SMILES string of the molecule is CCC#CCCC(CCC)Cc1cc2c3c(cnc2[nH]1)CN(c1c(F)c(OC)cc(OC)c1F)C(=O)N3C. The lowest BCUT2D eigenvalue weighted by atomic mass is 9.93. The van der Waals surface area contributed by atoms with Crippen molar-refractivity contribution in [2.24, 2.45) is 5.92 Å². The van der Waals surface area contributed by atoms with Crippen molar-refractivity contribution in [3.05, 3.63) is 41.2 Å². The highest BCUT2D eigenvalue weighted by atomic mass is 19.1. The van der Waals surface area contributed by atoms with Gasteiger partial charge in [-0.2, -0.15) is 0 Å². The van der Waals surface area contributed by atoms with Gasteiger partial charge in [0.1, 0.15) is 11.3 Å². The lowest BCUT2D eigenvalue weighted by Gasteiger charge is -2.35. The van der Waals surface area contributed by atoms with Crippen molar-refractivity contribution in [2.45, 2.75) is 58.9 Å². The van der Waals surface area contributed by atoms with E-state index in [1.165, 1.54) is 19.1 Å². The standard InChI is InChI=1S/C29H34F2N4O3/c1-6-8-9-10-12-18(11-7-2)13-20-14-21-26-19(16-32-28(21)33-20)17-35(29(36)34(26)3)27-24(30)22(37-4)15-23(38-5)25(27)31/h14-16,18H,6-7,10-13,17H2,1-5H3,(H,32,33). The molecular weight excluding hydrogens is 490 g/mol. The molecular formula is C29H34F2N4O3. The van der Waals surface area contributed by atoms with Gasteiger partial charge in [-0.05, 0) is 24.8 Å². The zero-order valence-electron chi connectivity index (χ0n) is 22.6. The molecule has 3 aromatic rings. The molecule has 7 nitrogen and oxygen atoms in total. The van der Waals surface area contributed by atoms with Crippen molar-refractivity contribution in [2.75, 3.05) is 31.1 Å². The lowest BCUT2D eigenvalue weighted by molar-refractivity contribution is 0.250. The molecule has 0 bridgehead atoms. The molecule has 3 heterocycles. The molecule has 0 saturated carbocycles. The van der Waals surface area contributed by atoms with E-state index >= 15 is 8.78 Å². The second-order valence-electron chi connectivity index (χ2n) is 9.48. The molecule has 2 amide bonds. The minimum absolute atomic E-state index is 0.0549. The number of H-pyrrole nitrogens is 1. The highest BCUT2D eigenvalue weighted by Crippen LogP contribution is 2.42. The maximum atomic E-state index is 15.2. The third-order valence-electron chi connectivity index (χ3n) is 6.95. The van der Waals surface area contributed by atoms with Gasteiger partial charge in [-0.25, -0.2) is 18.6 Å². The third-order valence-corrected chi connectivity index (χ3v) is 6.95. The quantitative estimate of drug-likeness (QED) is 0.321. The summed E-state index contributed by atoms with van der Waals surface area (Å²) >= 11 is 0. The van der Waals surface area contributed by atoms with E-state index in [-0.39, 0.29) is 18.0 Å². The summed E-state index contributed by atoms with van der Waals surface area (Å²) in [5.74, 6) is 4.48. The number of halogens is 2. The average Bonchev–Trinajstić information content (AvgIpc) is 3.32. The number of carbonyl (C=O) groups excluding carboxylic acids is 1. The third kappa shape index (κ3) is 5.13. The Morgan fingerprint density at radius 3 is 2.42 bits per heavy atom. The number of benzene rings is 1. The van der Waals surface area contributed by atoms with Crippen LogP contribution in [0.5, 0.6) is 11.5 Å². The summed E-state index contributed by atoms with van der Waals surface area (Å²) < 4.78 is 40.6. The van der Waals surface area contributed by atoms with Gasteiger partial charge in [-0.3, -0.25) is 9.80 Å². The molecule has 1 N–H and O–H groups in total. The van der Waals surface area contributed by atoms with E-state index < -0.39 is 23.4 Å².